The Morgan fingerprint density at radius 2 is 2.06 bits per heavy atom. The van der Waals surface area contributed by atoms with E-state index in [9.17, 15) is 8.42 Å². The fourth-order valence-corrected chi connectivity index (χ4v) is 4.27. The monoisotopic (exact) mass is 294 g/mol. The average Bonchev–Trinajstić information content (AvgIpc) is 2.30. The number of nitrogens with two attached hydrogens (primary N) is 1. The van der Waals surface area contributed by atoms with Crippen molar-refractivity contribution in [2.45, 2.75) is 31.4 Å². The molecule has 1 aliphatic rings. The van der Waals surface area contributed by atoms with Gasteiger partial charge in [-0.2, -0.15) is 0 Å². The van der Waals surface area contributed by atoms with Crippen molar-refractivity contribution in [1.29, 1.82) is 0 Å². The van der Waals surface area contributed by atoms with E-state index in [1.807, 2.05) is 0 Å². The molecule has 0 bridgehead atoms. The van der Waals surface area contributed by atoms with E-state index in [-0.39, 0.29) is 4.99 Å². The molecular formula is C11H22N2O3S2. The molecule has 0 aliphatic carbocycles. The molecule has 0 aromatic heterocycles. The third-order valence-corrected chi connectivity index (χ3v) is 6.10. The molecule has 106 valence electrons. The van der Waals surface area contributed by atoms with Gasteiger partial charge in [-0.25, -0.2) is 12.7 Å². The van der Waals surface area contributed by atoms with Crippen LogP contribution in [0.5, 0.6) is 0 Å². The van der Waals surface area contributed by atoms with Crippen molar-refractivity contribution < 1.29 is 13.2 Å². The highest BCUT2D eigenvalue weighted by Gasteiger charge is 2.32. The third-order valence-electron chi connectivity index (χ3n) is 3.34. The minimum atomic E-state index is -3.42. The number of rotatable bonds is 6. The lowest BCUT2D eigenvalue weighted by molar-refractivity contribution is 0.0620. The molecule has 1 aliphatic heterocycles. The summed E-state index contributed by atoms with van der Waals surface area (Å²) in [4.78, 5) is 0.0522. The van der Waals surface area contributed by atoms with E-state index < -0.39 is 15.3 Å². The fourth-order valence-electron chi connectivity index (χ4n) is 2.17. The normalized spacial score (nSPS) is 19.9. The number of nitrogens with zero attached hydrogens (tertiary/aromatic N) is 1. The second-order valence-corrected chi connectivity index (χ2v) is 7.37. The van der Waals surface area contributed by atoms with Gasteiger partial charge in [0.15, 0.2) is 0 Å². The van der Waals surface area contributed by atoms with Gasteiger partial charge < -0.3 is 10.5 Å². The molecule has 0 aromatic carbocycles. The zero-order valence-corrected chi connectivity index (χ0v) is 12.6. The van der Waals surface area contributed by atoms with Gasteiger partial charge in [-0.05, 0) is 25.2 Å². The summed E-state index contributed by atoms with van der Waals surface area (Å²) in [6, 6.07) is 0. The number of sulfonamides is 1. The molecule has 1 rings (SSSR count). The Labute approximate surface area is 115 Å². The summed E-state index contributed by atoms with van der Waals surface area (Å²) in [6.07, 6.45) is 2.23. The Balaban J connectivity index is 2.68. The first-order chi connectivity index (χ1) is 8.39. The number of hydrogen-bond acceptors (Lipinski definition) is 4. The van der Waals surface area contributed by atoms with Gasteiger partial charge in [-0.1, -0.05) is 19.1 Å². The molecule has 5 nitrogen and oxygen atoms in total. The average molecular weight is 294 g/mol. The van der Waals surface area contributed by atoms with E-state index in [0.717, 1.165) is 12.8 Å². The minimum absolute atomic E-state index is 0.0522. The molecule has 0 spiro atoms. The van der Waals surface area contributed by atoms with Crippen LogP contribution in [-0.2, 0) is 14.8 Å². The van der Waals surface area contributed by atoms with Gasteiger partial charge >= 0.3 is 0 Å². The maximum atomic E-state index is 12.3. The zero-order valence-electron chi connectivity index (χ0n) is 11.0. The fraction of sp³-hybridized carbons (Fsp3) is 0.909. The highest BCUT2D eigenvalue weighted by Crippen LogP contribution is 2.19. The van der Waals surface area contributed by atoms with Crippen LogP contribution in [0.1, 0.15) is 26.2 Å². The second-order valence-electron chi connectivity index (χ2n) is 4.68. The molecule has 1 heterocycles. The molecule has 7 heteroatoms. The maximum Gasteiger partial charge on any atom is 0.223 e. The van der Waals surface area contributed by atoms with Gasteiger partial charge in [-0.15, -0.1) is 0 Å². The van der Waals surface area contributed by atoms with E-state index in [1.165, 1.54) is 4.31 Å². The van der Waals surface area contributed by atoms with Crippen molar-refractivity contribution >= 4 is 27.2 Å². The van der Waals surface area contributed by atoms with Crippen molar-refractivity contribution in [3.8, 4) is 0 Å². The standard InChI is InChI=1S/C11H22N2O3S2/c1-3-10(11(12)17)18(14,15)13(2)8-9-4-6-16-7-5-9/h9-10H,3-8H2,1-2H3,(H2,12,17). The predicted molar refractivity (Wildman–Crippen MR) is 76.0 cm³/mol. The number of thiocarbonyl (C=S) groups is 1. The van der Waals surface area contributed by atoms with E-state index in [2.05, 4.69) is 0 Å². The largest absolute Gasteiger partial charge is 0.392 e. The molecule has 1 atom stereocenters. The van der Waals surface area contributed by atoms with Gasteiger partial charge in [-0.3, -0.25) is 0 Å². The zero-order chi connectivity index (χ0) is 13.8. The molecule has 1 unspecified atom stereocenters. The lowest BCUT2D eigenvalue weighted by Crippen LogP contribution is -2.44. The summed E-state index contributed by atoms with van der Waals surface area (Å²) >= 11 is 4.84. The Bertz CT molecular complexity index is 378. The van der Waals surface area contributed by atoms with Crippen LogP contribution in [0.2, 0.25) is 0 Å². The van der Waals surface area contributed by atoms with Crippen LogP contribution >= 0.6 is 12.2 Å². The Hall–Kier alpha value is -0.240. The Morgan fingerprint density at radius 1 is 1.50 bits per heavy atom. The quantitative estimate of drug-likeness (QED) is 0.732. The van der Waals surface area contributed by atoms with E-state index in [1.54, 1.807) is 14.0 Å². The van der Waals surface area contributed by atoms with E-state index in [0.29, 0.717) is 32.1 Å². The van der Waals surface area contributed by atoms with Crippen molar-refractivity contribution in [1.82, 2.24) is 4.31 Å². The maximum absolute atomic E-state index is 12.3. The van der Waals surface area contributed by atoms with E-state index >= 15 is 0 Å². The van der Waals surface area contributed by atoms with Gasteiger partial charge in [0.2, 0.25) is 10.0 Å². The highest BCUT2D eigenvalue weighted by molar-refractivity contribution is 7.92. The smallest absolute Gasteiger partial charge is 0.223 e. The van der Waals surface area contributed by atoms with Gasteiger partial charge in [0, 0.05) is 26.8 Å². The molecular weight excluding hydrogens is 272 g/mol. The molecule has 18 heavy (non-hydrogen) atoms. The molecule has 2 N–H and O–H groups in total. The number of hydrogen-bond donors (Lipinski definition) is 1. The van der Waals surface area contributed by atoms with Gasteiger partial charge in [0.05, 0.1) is 4.99 Å². The van der Waals surface area contributed by atoms with Crippen LogP contribution in [0, 0.1) is 5.92 Å². The van der Waals surface area contributed by atoms with Crippen LogP contribution in [0.3, 0.4) is 0 Å². The minimum Gasteiger partial charge on any atom is -0.392 e. The summed E-state index contributed by atoms with van der Waals surface area (Å²) < 4.78 is 31.3. The van der Waals surface area contributed by atoms with Crippen LogP contribution in [-0.4, -0.2) is 49.8 Å². The molecule has 1 saturated heterocycles. The van der Waals surface area contributed by atoms with Crippen molar-refractivity contribution in [2.75, 3.05) is 26.8 Å². The summed E-state index contributed by atoms with van der Waals surface area (Å²) in [5.41, 5.74) is 5.51. The third kappa shape index (κ3) is 3.88. The number of ether oxygens (including phenoxy) is 1. The summed E-state index contributed by atoms with van der Waals surface area (Å²) in [6.45, 7) is 3.73. The summed E-state index contributed by atoms with van der Waals surface area (Å²) in [5.74, 6) is 0.363. The first-order valence-electron chi connectivity index (χ1n) is 6.21. The molecule has 0 amide bonds. The molecule has 0 aromatic rings. The Kier molecular flexibility index (Phi) is 5.97. The van der Waals surface area contributed by atoms with Crippen LogP contribution in [0.4, 0.5) is 0 Å². The lowest BCUT2D eigenvalue weighted by atomic mass is 10.0. The summed E-state index contributed by atoms with van der Waals surface area (Å²) in [5, 5.41) is -0.752. The van der Waals surface area contributed by atoms with Crippen molar-refractivity contribution in [3.63, 3.8) is 0 Å². The topological polar surface area (TPSA) is 72.6 Å². The van der Waals surface area contributed by atoms with Crippen molar-refractivity contribution in [2.24, 2.45) is 11.7 Å². The first kappa shape index (κ1) is 15.8. The van der Waals surface area contributed by atoms with Crippen LogP contribution in [0.25, 0.3) is 0 Å². The SMILES string of the molecule is CCC(C(N)=S)S(=O)(=O)N(C)CC1CCOCC1. The van der Waals surface area contributed by atoms with Gasteiger partial charge in [0.25, 0.3) is 0 Å². The molecule has 0 radical (unpaired) electrons. The highest BCUT2D eigenvalue weighted by atomic mass is 32.2. The second kappa shape index (κ2) is 6.79. The van der Waals surface area contributed by atoms with Crippen LogP contribution < -0.4 is 5.73 Å². The summed E-state index contributed by atoms with van der Waals surface area (Å²) in [7, 11) is -1.82. The van der Waals surface area contributed by atoms with E-state index in [4.69, 9.17) is 22.7 Å². The molecule has 0 saturated carbocycles. The first-order valence-corrected chi connectivity index (χ1v) is 8.13. The van der Waals surface area contributed by atoms with Crippen LogP contribution in [0.15, 0.2) is 0 Å². The molecule has 1 fully saturated rings. The van der Waals surface area contributed by atoms with Gasteiger partial charge in [0.1, 0.15) is 5.25 Å². The van der Waals surface area contributed by atoms with Crippen molar-refractivity contribution in [3.05, 3.63) is 0 Å². The lowest BCUT2D eigenvalue weighted by Gasteiger charge is -2.29. The Morgan fingerprint density at radius 3 is 2.50 bits per heavy atom. The predicted octanol–water partition coefficient (Wildman–Crippen LogP) is 0.739.